The van der Waals surface area contributed by atoms with Crippen molar-refractivity contribution < 1.29 is 29.3 Å². The van der Waals surface area contributed by atoms with Gasteiger partial charge in [0.15, 0.2) is 11.6 Å². The predicted molar refractivity (Wildman–Crippen MR) is 136 cm³/mol. The van der Waals surface area contributed by atoms with Gasteiger partial charge in [-0.25, -0.2) is 0 Å². The molecule has 0 aromatic heterocycles. The summed E-state index contributed by atoms with van der Waals surface area (Å²) in [4.78, 5) is 25.0. The van der Waals surface area contributed by atoms with Gasteiger partial charge in [-0.15, -0.1) is 0 Å². The Morgan fingerprint density at radius 3 is 1.31 bits per heavy atom. The van der Waals surface area contributed by atoms with Crippen molar-refractivity contribution in [3.63, 3.8) is 0 Å². The van der Waals surface area contributed by atoms with E-state index in [-0.39, 0.29) is 34.2 Å². The molecular weight excluding hydrogens is 456 g/mol. The first kappa shape index (κ1) is 24.5. The monoisotopic (exact) mass is 482 g/mol. The van der Waals surface area contributed by atoms with Gasteiger partial charge in [-0.05, 0) is 37.1 Å². The van der Waals surface area contributed by atoms with Crippen LogP contribution in [0.5, 0.6) is 23.0 Å². The molecule has 0 fully saturated rings. The summed E-state index contributed by atoms with van der Waals surface area (Å²) in [6.45, 7) is 0.815. The molecule has 0 atom stereocenters. The minimum atomic E-state index is -0.250. The molecule has 6 heteroatoms. The van der Waals surface area contributed by atoms with Crippen molar-refractivity contribution >= 4 is 11.6 Å². The maximum atomic E-state index is 12.5. The highest BCUT2D eigenvalue weighted by atomic mass is 16.5. The summed E-state index contributed by atoms with van der Waals surface area (Å²) in [6, 6.07) is 26.9. The molecule has 0 aliphatic carbocycles. The molecule has 182 valence electrons. The van der Waals surface area contributed by atoms with Gasteiger partial charge >= 0.3 is 0 Å². The van der Waals surface area contributed by atoms with Gasteiger partial charge < -0.3 is 19.7 Å². The topological polar surface area (TPSA) is 93.1 Å². The van der Waals surface area contributed by atoms with Crippen LogP contribution < -0.4 is 9.47 Å². The number of carbonyl (C=O) groups is 2. The molecule has 0 aliphatic rings. The second-order valence-electron chi connectivity index (χ2n) is 8.15. The Morgan fingerprint density at radius 2 is 0.944 bits per heavy atom. The number of phenols is 2. The van der Waals surface area contributed by atoms with Crippen LogP contribution in [0.15, 0.2) is 97.1 Å². The summed E-state index contributed by atoms with van der Waals surface area (Å²) >= 11 is 0. The average molecular weight is 483 g/mol. The Morgan fingerprint density at radius 1 is 0.556 bits per heavy atom. The molecule has 0 saturated carbocycles. The first-order valence-corrected chi connectivity index (χ1v) is 11.6. The molecule has 4 aromatic carbocycles. The largest absolute Gasteiger partial charge is 0.507 e. The zero-order valence-electron chi connectivity index (χ0n) is 19.6. The lowest BCUT2D eigenvalue weighted by Gasteiger charge is -2.10. The first-order valence-electron chi connectivity index (χ1n) is 11.6. The Balaban J connectivity index is 1.21. The zero-order chi connectivity index (χ0) is 25.3. The van der Waals surface area contributed by atoms with Gasteiger partial charge in [0.2, 0.25) is 0 Å². The van der Waals surface area contributed by atoms with Crippen molar-refractivity contribution in [1.82, 2.24) is 0 Å². The van der Waals surface area contributed by atoms with Crippen molar-refractivity contribution in [3.8, 4) is 23.0 Å². The Bertz CT molecular complexity index is 1230. The van der Waals surface area contributed by atoms with Crippen LogP contribution >= 0.6 is 0 Å². The lowest BCUT2D eigenvalue weighted by molar-refractivity contribution is 0.102. The smallest absolute Gasteiger partial charge is 0.196 e. The summed E-state index contributed by atoms with van der Waals surface area (Å²) < 4.78 is 11.4. The maximum Gasteiger partial charge on any atom is 0.196 e. The van der Waals surface area contributed by atoms with E-state index >= 15 is 0 Å². The van der Waals surface area contributed by atoms with Gasteiger partial charge in [0, 0.05) is 23.3 Å². The molecule has 0 unspecified atom stereocenters. The van der Waals surface area contributed by atoms with Crippen molar-refractivity contribution in [2.24, 2.45) is 0 Å². The lowest BCUT2D eigenvalue weighted by atomic mass is 10.0. The van der Waals surface area contributed by atoms with Crippen LogP contribution in [0.2, 0.25) is 0 Å². The summed E-state index contributed by atoms with van der Waals surface area (Å²) in [5.41, 5.74) is 1.46. The number of rotatable bonds is 11. The Labute approximate surface area is 209 Å². The van der Waals surface area contributed by atoms with Crippen LogP contribution in [0, 0.1) is 0 Å². The number of benzene rings is 4. The second-order valence-corrected chi connectivity index (χ2v) is 8.15. The van der Waals surface area contributed by atoms with E-state index in [2.05, 4.69) is 0 Å². The Kier molecular flexibility index (Phi) is 7.98. The molecule has 36 heavy (non-hydrogen) atoms. The maximum absolute atomic E-state index is 12.5. The number of ether oxygens (including phenoxy) is 2. The van der Waals surface area contributed by atoms with Gasteiger partial charge in [0.05, 0.1) is 24.3 Å². The highest BCUT2D eigenvalue weighted by molar-refractivity contribution is 6.11. The number of aromatic hydroxyl groups is 2. The van der Waals surface area contributed by atoms with Crippen molar-refractivity contribution in [3.05, 3.63) is 119 Å². The minimum Gasteiger partial charge on any atom is -0.507 e. The SMILES string of the molecule is O=C(c1ccccc1)c1ccc(OCCCCOc2ccc(C(=O)c3ccccc3)c(O)c2)cc1O. The molecule has 2 N–H and O–H groups in total. The average Bonchev–Trinajstić information content (AvgIpc) is 2.91. The van der Waals surface area contributed by atoms with Crippen LogP contribution in [-0.2, 0) is 0 Å². The molecule has 0 radical (unpaired) electrons. The molecule has 6 nitrogen and oxygen atoms in total. The van der Waals surface area contributed by atoms with Crippen LogP contribution in [0.4, 0.5) is 0 Å². The van der Waals surface area contributed by atoms with Crippen molar-refractivity contribution in [1.29, 1.82) is 0 Å². The van der Waals surface area contributed by atoms with Crippen molar-refractivity contribution in [2.75, 3.05) is 13.2 Å². The number of ketones is 2. The molecule has 0 aliphatic heterocycles. The number of unbranched alkanes of at least 4 members (excludes halogenated alkanes) is 1. The van der Waals surface area contributed by atoms with E-state index in [1.165, 1.54) is 12.1 Å². The van der Waals surface area contributed by atoms with E-state index in [0.717, 1.165) is 0 Å². The van der Waals surface area contributed by atoms with E-state index in [0.29, 0.717) is 48.7 Å². The van der Waals surface area contributed by atoms with Crippen LogP contribution in [0.3, 0.4) is 0 Å². The second kappa shape index (κ2) is 11.7. The number of hydrogen-bond donors (Lipinski definition) is 2. The fraction of sp³-hybridized carbons (Fsp3) is 0.133. The van der Waals surface area contributed by atoms with E-state index in [9.17, 15) is 19.8 Å². The van der Waals surface area contributed by atoms with E-state index in [1.54, 1.807) is 72.8 Å². The molecule has 4 rings (SSSR count). The number of phenolic OH excluding ortho intramolecular Hbond substituents is 2. The van der Waals surface area contributed by atoms with Crippen LogP contribution in [-0.4, -0.2) is 35.0 Å². The third-order valence-corrected chi connectivity index (χ3v) is 5.58. The van der Waals surface area contributed by atoms with Gasteiger partial charge in [0.25, 0.3) is 0 Å². The molecule has 0 heterocycles. The lowest BCUT2D eigenvalue weighted by Crippen LogP contribution is -2.05. The molecular formula is C30H26O6. The van der Waals surface area contributed by atoms with E-state index in [1.807, 2.05) is 12.1 Å². The number of hydrogen-bond acceptors (Lipinski definition) is 6. The van der Waals surface area contributed by atoms with Gasteiger partial charge in [0.1, 0.15) is 23.0 Å². The first-order chi connectivity index (χ1) is 17.5. The van der Waals surface area contributed by atoms with Crippen LogP contribution in [0.1, 0.15) is 44.7 Å². The highest BCUT2D eigenvalue weighted by Crippen LogP contribution is 2.27. The van der Waals surface area contributed by atoms with E-state index < -0.39 is 0 Å². The fourth-order valence-corrected chi connectivity index (χ4v) is 3.66. The van der Waals surface area contributed by atoms with Gasteiger partial charge in [-0.3, -0.25) is 9.59 Å². The summed E-state index contributed by atoms with van der Waals surface area (Å²) in [5.74, 6) is 0.196. The fourth-order valence-electron chi connectivity index (χ4n) is 3.66. The van der Waals surface area contributed by atoms with Gasteiger partial charge in [-0.1, -0.05) is 60.7 Å². The van der Waals surface area contributed by atoms with Gasteiger partial charge in [-0.2, -0.15) is 0 Å². The molecule has 0 amide bonds. The molecule has 4 aromatic rings. The normalized spacial score (nSPS) is 10.6. The minimum absolute atomic E-state index is 0.126. The third kappa shape index (κ3) is 6.10. The predicted octanol–water partition coefficient (Wildman–Crippen LogP) is 5.80. The third-order valence-electron chi connectivity index (χ3n) is 5.58. The molecule has 0 bridgehead atoms. The summed E-state index contributed by atoms with van der Waals surface area (Å²) in [5, 5.41) is 20.5. The molecule has 0 spiro atoms. The zero-order valence-corrected chi connectivity index (χ0v) is 19.6. The quantitative estimate of drug-likeness (QED) is 0.207. The standard InChI is InChI=1S/C30H26O6/c31-27-19-23(13-15-25(27)29(33)21-9-3-1-4-10-21)35-17-7-8-18-36-24-14-16-26(28(32)20-24)30(34)22-11-5-2-6-12-22/h1-6,9-16,19-20,31-32H,7-8,17-18H2. The Hall–Kier alpha value is -4.58. The number of carbonyl (C=O) groups excluding carboxylic acids is 2. The summed E-state index contributed by atoms with van der Waals surface area (Å²) in [7, 11) is 0. The van der Waals surface area contributed by atoms with Crippen LogP contribution in [0.25, 0.3) is 0 Å². The summed E-state index contributed by atoms with van der Waals surface area (Å²) in [6.07, 6.45) is 1.39. The highest BCUT2D eigenvalue weighted by Gasteiger charge is 2.15. The molecule has 0 saturated heterocycles. The van der Waals surface area contributed by atoms with E-state index in [4.69, 9.17) is 9.47 Å². The van der Waals surface area contributed by atoms with Crippen molar-refractivity contribution in [2.45, 2.75) is 12.8 Å².